The van der Waals surface area contributed by atoms with E-state index < -0.39 is 35.5 Å². The molecule has 0 aromatic carbocycles. The number of nitrogens with zero attached hydrogens (tertiary/aromatic N) is 1. The van der Waals surface area contributed by atoms with E-state index in [4.69, 9.17) is 14.2 Å². The van der Waals surface area contributed by atoms with Crippen molar-refractivity contribution in [2.75, 3.05) is 6.61 Å². The van der Waals surface area contributed by atoms with Crippen molar-refractivity contribution < 1.29 is 19.3 Å². The molecule has 2 saturated heterocycles. The third kappa shape index (κ3) is 2.20. The fourth-order valence-corrected chi connectivity index (χ4v) is 2.61. The minimum atomic E-state index is -1.07. The SMILES string of the molecule is CC1(C)O[C@H]2[C@@H](O)[C@H](n3ccc(=O)[nH]c3=O)OC[C@@H]2O1. The highest BCUT2D eigenvalue weighted by molar-refractivity contribution is 4.95. The summed E-state index contributed by atoms with van der Waals surface area (Å²) >= 11 is 0. The molecule has 8 nitrogen and oxygen atoms in total. The van der Waals surface area contributed by atoms with Crippen LogP contribution in [0.15, 0.2) is 21.9 Å². The number of aromatic amines is 1. The first-order chi connectivity index (χ1) is 9.37. The lowest BCUT2D eigenvalue weighted by Gasteiger charge is -2.35. The Morgan fingerprint density at radius 1 is 1.40 bits per heavy atom. The lowest BCUT2D eigenvalue weighted by Crippen LogP contribution is -2.51. The van der Waals surface area contributed by atoms with Gasteiger partial charge in [-0.3, -0.25) is 14.3 Å². The molecule has 0 saturated carbocycles. The number of fused-ring (bicyclic) bond motifs is 1. The van der Waals surface area contributed by atoms with Gasteiger partial charge in [0.2, 0.25) is 0 Å². The van der Waals surface area contributed by atoms with Crippen LogP contribution in [0.4, 0.5) is 0 Å². The molecule has 0 aliphatic carbocycles. The molecule has 0 bridgehead atoms. The molecule has 2 N–H and O–H groups in total. The second-order valence-corrected chi connectivity index (χ2v) is 5.37. The van der Waals surface area contributed by atoms with E-state index in [0.29, 0.717) is 0 Å². The molecule has 1 aromatic rings. The van der Waals surface area contributed by atoms with Crippen LogP contribution in [-0.2, 0) is 14.2 Å². The van der Waals surface area contributed by atoms with Gasteiger partial charge in [0.05, 0.1) is 6.61 Å². The summed E-state index contributed by atoms with van der Waals surface area (Å²) in [6.45, 7) is 3.69. The smallest absolute Gasteiger partial charge is 0.330 e. The summed E-state index contributed by atoms with van der Waals surface area (Å²) in [6.07, 6.45) is -1.66. The predicted octanol–water partition coefficient (Wildman–Crippen LogP) is -1.05. The molecule has 110 valence electrons. The minimum Gasteiger partial charge on any atom is -0.386 e. The number of hydrogen-bond donors (Lipinski definition) is 2. The van der Waals surface area contributed by atoms with E-state index in [9.17, 15) is 14.7 Å². The van der Waals surface area contributed by atoms with Gasteiger partial charge in [-0.15, -0.1) is 0 Å². The van der Waals surface area contributed by atoms with Crippen LogP contribution in [0, 0.1) is 0 Å². The molecule has 20 heavy (non-hydrogen) atoms. The highest BCUT2D eigenvalue weighted by Crippen LogP contribution is 2.36. The van der Waals surface area contributed by atoms with Crippen molar-refractivity contribution in [1.82, 2.24) is 9.55 Å². The first kappa shape index (κ1) is 13.5. The van der Waals surface area contributed by atoms with Gasteiger partial charge in [0, 0.05) is 12.3 Å². The Balaban J connectivity index is 1.90. The molecule has 0 radical (unpaired) electrons. The monoisotopic (exact) mass is 284 g/mol. The Bertz CT molecular complexity index is 621. The van der Waals surface area contributed by atoms with Crippen molar-refractivity contribution in [2.45, 2.75) is 44.2 Å². The van der Waals surface area contributed by atoms with E-state index in [1.807, 2.05) is 0 Å². The number of ether oxygens (including phenoxy) is 3. The normalized spacial score (nSPS) is 35.8. The summed E-state index contributed by atoms with van der Waals surface area (Å²) in [4.78, 5) is 24.9. The summed E-state index contributed by atoms with van der Waals surface area (Å²) in [5.41, 5.74) is -1.14. The Morgan fingerprint density at radius 3 is 2.85 bits per heavy atom. The number of aliphatic hydroxyl groups excluding tert-OH is 1. The summed E-state index contributed by atoms with van der Waals surface area (Å²) in [5, 5.41) is 10.3. The van der Waals surface area contributed by atoms with E-state index in [-0.39, 0.29) is 12.7 Å². The predicted molar refractivity (Wildman–Crippen MR) is 66.1 cm³/mol. The largest absolute Gasteiger partial charge is 0.386 e. The Labute approximate surface area is 113 Å². The van der Waals surface area contributed by atoms with Crippen LogP contribution >= 0.6 is 0 Å². The maximum Gasteiger partial charge on any atom is 0.330 e. The number of H-pyrrole nitrogens is 1. The number of aromatic nitrogens is 2. The number of hydrogen-bond acceptors (Lipinski definition) is 6. The molecule has 3 heterocycles. The lowest BCUT2D eigenvalue weighted by molar-refractivity contribution is -0.183. The van der Waals surface area contributed by atoms with Crippen LogP contribution in [0.5, 0.6) is 0 Å². The van der Waals surface area contributed by atoms with E-state index in [1.54, 1.807) is 13.8 Å². The van der Waals surface area contributed by atoms with Gasteiger partial charge in [0.15, 0.2) is 12.0 Å². The van der Waals surface area contributed by atoms with Crippen LogP contribution in [-0.4, -0.2) is 45.4 Å². The van der Waals surface area contributed by atoms with Gasteiger partial charge in [-0.05, 0) is 13.8 Å². The van der Waals surface area contributed by atoms with Gasteiger partial charge in [0.1, 0.15) is 18.3 Å². The van der Waals surface area contributed by atoms with Gasteiger partial charge in [-0.1, -0.05) is 0 Å². The first-order valence-corrected chi connectivity index (χ1v) is 6.34. The van der Waals surface area contributed by atoms with Crippen LogP contribution in [0.2, 0.25) is 0 Å². The van der Waals surface area contributed by atoms with Crippen molar-refractivity contribution >= 4 is 0 Å². The van der Waals surface area contributed by atoms with E-state index >= 15 is 0 Å². The molecule has 2 fully saturated rings. The Kier molecular flexibility index (Phi) is 3.05. The zero-order valence-electron chi connectivity index (χ0n) is 11.1. The number of aliphatic hydroxyl groups is 1. The molecule has 2 aliphatic rings. The third-order valence-electron chi connectivity index (χ3n) is 3.41. The average Bonchev–Trinajstić information content (AvgIpc) is 2.66. The van der Waals surface area contributed by atoms with Gasteiger partial charge in [-0.25, -0.2) is 4.79 Å². The van der Waals surface area contributed by atoms with E-state index in [1.165, 1.54) is 12.3 Å². The van der Waals surface area contributed by atoms with E-state index in [2.05, 4.69) is 4.98 Å². The van der Waals surface area contributed by atoms with Crippen LogP contribution < -0.4 is 11.2 Å². The molecule has 0 amide bonds. The quantitative estimate of drug-likeness (QED) is 0.682. The molecular formula is C12H16N2O6. The zero-order valence-corrected chi connectivity index (χ0v) is 11.1. The van der Waals surface area contributed by atoms with Crippen molar-refractivity contribution in [3.63, 3.8) is 0 Å². The summed E-state index contributed by atoms with van der Waals surface area (Å²) < 4.78 is 17.9. The molecule has 0 unspecified atom stereocenters. The topological polar surface area (TPSA) is 103 Å². The lowest BCUT2D eigenvalue weighted by atomic mass is 10.0. The highest BCUT2D eigenvalue weighted by atomic mass is 16.8. The Morgan fingerprint density at radius 2 is 2.15 bits per heavy atom. The van der Waals surface area contributed by atoms with Crippen molar-refractivity contribution in [1.29, 1.82) is 0 Å². The maximum atomic E-state index is 11.7. The third-order valence-corrected chi connectivity index (χ3v) is 3.41. The maximum absolute atomic E-state index is 11.7. The van der Waals surface area contributed by atoms with Gasteiger partial charge >= 0.3 is 5.69 Å². The van der Waals surface area contributed by atoms with Crippen LogP contribution in [0.3, 0.4) is 0 Å². The molecule has 4 atom stereocenters. The summed E-state index contributed by atoms with van der Waals surface area (Å²) in [7, 11) is 0. The fourth-order valence-electron chi connectivity index (χ4n) is 2.61. The molecule has 3 rings (SSSR count). The van der Waals surface area contributed by atoms with Gasteiger partial charge in [0.25, 0.3) is 5.56 Å². The molecule has 2 aliphatic heterocycles. The second kappa shape index (κ2) is 4.52. The molecule has 0 spiro atoms. The van der Waals surface area contributed by atoms with Gasteiger partial charge < -0.3 is 19.3 Å². The standard InChI is InChI=1S/C12H16N2O6/c1-12(2)19-6-5-18-10(8(16)9(6)20-12)14-4-3-7(15)13-11(14)17/h3-4,6,8-10,16H,5H2,1-2H3,(H,13,15,17)/t6-,8+,9+,10+/m0/s1. The first-order valence-electron chi connectivity index (χ1n) is 6.34. The number of rotatable bonds is 1. The van der Waals surface area contributed by atoms with E-state index in [0.717, 1.165) is 4.57 Å². The average molecular weight is 284 g/mol. The van der Waals surface area contributed by atoms with Crippen LogP contribution in [0.25, 0.3) is 0 Å². The fraction of sp³-hybridized carbons (Fsp3) is 0.667. The van der Waals surface area contributed by atoms with Crippen LogP contribution in [0.1, 0.15) is 20.1 Å². The highest BCUT2D eigenvalue weighted by Gasteiger charge is 2.51. The van der Waals surface area contributed by atoms with Crippen molar-refractivity contribution in [3.8, 4) is 0 Å². The molecule has 8 heteroatoms. The summed E-state index contributed by atoms with van der Waals surface area (Å²) in [6, 6.07) is 1.19. The molecule has 1 aromatic heterocycles. The Hall–Kier alpha value is -1.48. The van der Waals surface area contributed by atoms with Crippen molar-refractivity contribution in [3.05, 3.63) is 33.1 Å². The van der Waals surface area contributed by atoms with Gasteiger partial charge in [-0.2, -0.15) is 0 Å². The zero-order chi connectivity index (χ0) is 14.5. The number of nitrogens with one attached hydrogen (secondary N) is 1. The minimum absolute atomic E-state index is 0.196. The summed E-state index contributed by atoms with van der Waals surface area (Å²) in [5.74, 6) is -0.801. The van der Waals surface area contributed by atoms with Crippen molar-refractivity contribution in [2.24, 2.45) is 0 Å². The molecular weight excluding hydrogens is 268 g/mol. The second-order valence-electron chi connectivity index (χ2n) is 5.37.